The van der Waals surface area contributed by atoms with Crippen molar-refractivity contribution in [3.8, 4) is 0 Å². The Hall–Kier alpha value is -1.06. The van der Waals surface area contributed by atoms with Crippen LogP contribution in [0.1, 0.15) is 99.3 Å². The summed E-state index contributed by atoms with van der Waals surface area (Å²) in [5, 5.41) is 0. The number of hydrogen-bond donors (Lipinski definition) is 0. The fraction of sp³-hybridized carbons (Fsp3) is 0.926. The summed E-state index contributed by atoms with van der Waals surface area (Å²) >= 11 is 0. The minimum Gasteiger partial charge on any atom is -0.465 e. The van der Waals surface area contributed by atoms with Gasteiger partial charge in [0.2, 0.25) is 0 Å². The number of carbonyl (C=O) groups excluding carboxylic acids is 2. The van der Waals surface area contributed by atoms with E-state index in [1.807, 2.05) is 0 Å². The second kappa shape index (κ2) is 12.8. The molecule has 8 atom stereocenters. The first kappa shape index (κ1) is 26.2. The summed E-state index contributed by atoms with van der Waals surface area (Å²) in [5.74, 6) is 2.80. The molecule has 0 heterocycles. The molecule has 0 aromatic rings. The predicted octanol–water partition coefficient (Wildman–Crippen LogP) is 6.66. The number of esters is 2. The van der Waals surface area contributed by atoms with Gasteiger partial charge in [0.05, 0.1) is 25.0 Å². The van der Waals surface area contributed by atoms with E-state index in [1.165, 1.54) is 12.8 Å². The third-order valence-electron chi connectivity index (χ3n) is 8.76. The minimum absolute atomic E-state index is 0.00242. The summed E-state index contributed by atoms with van der Waals surface area (Å²) in [6.07, 6.45) is 9.53. The molecule has 2 aliphatic rings. The van der Waals surface area contributed by atoms with Crippen LogP contribution < -0.4 is 0 Å². The lowest BCUT2D eigenvalue weighted by Gasteiger charge is -2.33. The predicted molar refractivity (Wildman–Crippen MR) is 125 cm³/mol. The average Bonchev–Trinajstić information content (AvgIpc) is 2.76. The lowest BCUT2D eigenvalue weighted by Crippen LogP contribution is -2.33. The van der Waals surface area contributed by atoms with Crippen LogP contribution in [0.3, 0.4) is 0 Å². The van der Waals surface area contributed by atoms with Gasteiger partial charge in [0.15, 0.2) is 0 Å². The van der Waals surface area contributed by atoms with Gasteiger partial charge in [0.1, 0.15) is 0 Å². The quantitative estimate of drug-likeness (QED) is 0.359. The minimum atomic E-state index is -0.00242. The van der Waals surface area contributed by atoms with Crippen LogP contribution in [0.25, 0.3) is 0 Å². The largest absolute Gasteiger partial charge is 0.465 e. The highest BCUT2D eigenvalue weighted by Gasteiger charge is 2.35. The highest BCUT2D eigenvalue weighted by molar-refractivity contribution is 5.73. The van der Waals surface area contributed by atoms with Gasteiger partial charge in [0.25, 0.3) is 0 Å². The smallest absolute Gasteiger partial charge is 0.309 e. The molecule has 0 amide bonds. The lowest BCUT2D eigenvalue weighted by molar-refractivity contribution is -0.154. The SMILES string of the molecule is CCC(COC(=O)C1CCCC(C)C1C)CC(CC)COC(=O)C1CCCC(C)C1C. The Kier molecular flexibility index (Phi) is 10.9. The maximum atomic E-state index is 12.7. The molecule has 31 heavy (non-hydrogen) atoms. The summed E-state index contributed by atoms with van der Waals surface area (Å²) in [7, 11) is 0. The van der Waals surface area contributed by atoms with Gasteiger partial charge in [-0.2, -0.15) is 0 Å². The summed E-state index contributed by atoms with van der Waals surface area (Å²) in [6.45, 7) is 14.2. The molecule has 0 spiro atoms. The van der Waals surface area contributed by atoms with Gasteiger partial charge in [-0.25, -0.2) is 0 Å². The van der Waals surface area contributed by atoms with Crippen LogP contribution in [0.4, 0.5) is 0 Å². The summed E-state index contributed by atoms with van der Waals surface area (Å²) < 4.78 is 11.6. The molecule has 4 nitrogen and oxygen atoms in total. The van der Waals surface area contributed by atoms with E-state index in [0.29, 0.717) is 48.7 Å². The first-order valence-corrected chi connectivity index (χ1v) is 13.1. The molecular weight excluding hydrogens is 388 g/mol. The normalized spacial score (nSPS) is 33.4. The molecule has 8 unspecified atom stereocenters. The van der Waals surface area contributed by atoms with E-state index in [0.717, 1.165) is 44.9 Å². The number of hydrogen-bond acceptors (Lipinski definition) is 4. The molecule has 0 aromatic heterocycles. The van der Waals surface area contributed by atoms with Gasteiger partial charge >= 0.3 is 11.9 Å². The molecule has 0 aliphatic heterocycles. The first-order chi connectivity index (χ1) is 14.8. The highest BCUT2D eigenvalue weighted by atomic mass is 16.5. The second-order valence-electron chi connectivity index (χ2n) is 10.8. The van der Waals surface area contributed by atoms with Crippen molar-refractivity contribution >= 4 is 11.9 Å². The van der Waals surface area contributed by atoms with E-state index in [2.05, 4.69) is 41.5 Å². The molecule has 4 heteroatoms. The third-order valence-corrected chi connectivity index (χ3v) is 8.76. The van der Waals surface area contributed by atoms with Crippen molar-refractivity contribution in [3.63, 3.8) is 0 Å². The van der Waals surface area contributed by atoms with Crippen LogP contribution in [0.15, 0.2) is 0 Å². The monoisotopic (exact) mass is 436 g/mol. The zero-order valence-electron chi connectivity index (χ0n) is 21.0. The molecule has 2 saturated carbocycles. The van der Waals surface area contributed by atoms with E-state index in [1.54, 1.807) is 0 Å². The van der Waals surface area contributed by atoms with Gasteiger partial charge in [-0.3, -0.25) is 9.59 Å². The van der Waals surface area contributed by atoms with Gasteiger partial charge in [-0.05, 0) is 54.8 Å². The molecule has 0 bridgehead atoms. The van der Waals surface area contributed by atoms with E-state index >= 15 is 0 Å². The number of rotatable bonds is 10. The van der Waals surface area contributed by atoms with Crippen molar-refractivity contribution in [2.45, 2.75) is 99.3 Å². The van der Waals surface area contributed by atoms with E-state index in [9.17, 15) is 9.59 Å². The van der Waals surface area contributed by atoms with E-state index in [-0.39, 0.29) is 23.8 Å². The Morgan fingerprint density at radius 3 is 1.45 bits per heavy atom. The van der Waals surface area contributed by atoms with Gasteiger partial charge < -0.3 is 9.47 Å². The maximum Gasteiger partial charge on any atom is 0.309 e. The molecular formula is C27H48O4. The summed E-state index contributed by atoms with van der Waals surface area (Å²) in [6, 6.07) is 0. The summed E-state index contributed by atoms with van der Waals surface area (Å²) in [5.41, 5.74) is 0. The Labute approximate surface area is 191 Å². The van der Waals surface area contributed by atoms with E-state index in [4.69, 9.17) is 9.47 Å². The third kappa shape index (κ3) is 7.49. The van der Waals surface area contributed by atoms with Crippen molar-refractivity contribution in [2.75, 3.05) is 13.2 Å². The Morgan fingerprint density at radius 2 is 1.10 bits per heavy atom. The van der Waals surface area contributed by atoms with Crippen LogP contribution in [0.5, 0.6) is 0 Å². The van der Waals surface area contributed by atoms with Crippen LogP contribution in [-0.4, -0.2) is 25.2 Å². The molecule has 0 aromatic carbocycles. The van der Waals surface area contributed by atoms with Crippen molar-refractivity contribution < 1.29 is 19.1 Å². The van der Waals surface area contributed by atoms with Crippen molar-refractivity contribution in [1.29, 1.82) is 0 Å². The van der Waals surface area contributed by atoms with Crippen molar-refractivity contribution in [3.05, 3.63) is 0 Å². The van der Waals surface area contributed by atoms with E-state index < -0.39 is 0 Å². The maximum absolute atomic E-state index is 12.7. The lowest BCUT2D eigenvalue weighted by atomic mass is 9.74. The van der Waals surface area contributed by atoms with Crippen LogP contribution in [0, 0.1) is 47.3 Å². The average molecular weight is 437 g/mol. The fourth-order valence-electron chi connectivity index (χ4n) is 5.62. The van der Waals surface area contributed by atoms with Gasteiger partial charge in [-0.15, -0.1) is 0 Å². The zero-order chi connectivity index (χ0) is 23.0. The number of carbonyl (C=O) groups is 2. The Bertz CT molecular complexity index is 511. The number of ether oxygens (including phenoxy) is 2. The molecule has 2 rings (SSSR count). The standard InChI is InChI=1S/C27H48O4/c1-7-22(16-30-26(28)24-13-9-11-18(3)20(24)5)15-23(8-2)17-31-27(29)25-14-10-12-19(4)21(25)6/h18-25H,7-17H2,1-6H3. The van der Waals surface area contributed by atoms with Crippen molar-refractivity contribution in [2.24, 2.45) is 47.3 Å². The molecule has 0 radical (unpaired) electrons. The Balaban J connectivity index is 1.78. The Morgan fingerprint density at radius 1 is 0.710 bits per heavy atom. The highest BCUT2D eigenvalue weighted by Crippen LogP contribution is 2.36. The molecule has 180 valence electrons. The topological polar surface area (TPSA) is 52.6 Å². The molecule has 2 aliphatic carbocycles. The molecule has 2 fully saturated rings. The zero-order valence-corrected chi connectivity index (χ0v) is 21.0. The molecule has 0 N–H and O–H groups in total. The van der Waals surface area contributed by atoms with Gasteiger partial charge in [0, 0.05) is 0 Å². The molecule has 0 saturated heterocycles. The summed E-state index contributed by atoms with van der Waals surface area (Å²) in [4.78, 5) is 25.4. The van der Waals surface area contributed by atoms with Crippen LogP contribution >= 0.6 is 0 Å². The van der Waals surface area contributed by atoms with Crippen LogP contribution in [0.2, 0.25) is 0 Å². The fourth-order valence-corrected chi connectivity index (χ4v) is 5.62. The van der Waals surface area contributed by atoms with Crippen molar-refractivity contribution in [1.82, 2.24) is 0 Å². The second-order valence-corrected chi connectivity index (χ2v) is 10.8. The van der Waals surface area contributed by atoms with Crippen LogP contribution in [-0.2, 0) is 19.1 Å². The first-order valence-electron chi connectivity index (χ1n) is 13.1. The van der Waals surface area contributed by atoms with Gasteiger partial charge in [-0.1, -0.05) is 80.1 Å².